The third kappa shape index (κ3) is 4.57. The normalized spacial score (nSPS) is 18.4. The van der Waals surface area contributed by atoms with Crippen LogP contribution in [0.15, 0.2) is 27.1 Å². The van der Waals surface area contributed by atoms with Crippen LogP contribution in [0, 0.1) is 0 Å². The molecule has 0 radical (unpaired) electrons. The maximum atomic E-state index is 12.2. The van der Waals surface area contributed by atoms with E-state index in [1.165, 1.54) is 12.8 Å². The van der Waals surface area contributed by atoms with E-state index in [9.17, 15) is 9.90 Å². The minimum absolute atomic E-state index is 0.148. The average molecular weight is 405 g/mol. The lowest BCUT2D eigenvalue weighted by molar-refractivity contribution is 0.0246. The number of carbonyl (C=O) groups excluding carboxylic acids is 1. The molecular weight excluding hydrogens is 386 g/mol. The highest BCUT2D eigenvalue weighted by atomic mass is 79.9. The van der Waals surface area contributed by atoms with Gasteiger partial charge < -0.3 is 10.4 Å². The Balaban J connectivity index is 1.97. The summed E-state index contributed by atoms with van der Waals surface area (Å²) in [4.78, 5) is 12.2. The number of aliphatic hydroxyl groups is 1. The van der Waals surface area contributed by atoms with E-state index >= 15 is 0 Å². The molecule has 0 atom stereocenters. The van der Waals surface area contributed by atoms with Crippen LogP contribution in [0.5, 0.6) is 0 Å². The molecule has 2 rings (SSSR count). The monoisotopic (exact) mass is 403 g/mol. The van der Waals surface area contributed by atoms with Gasteiger partial charge in [0.05, 0.1) is 5.60 Å². The zero-order chi connectivity index (χ0) is 14.6. The van der Waals surface area contributed by atoms with Gasteiger partial charge in [0.25, 0.3) is 5.91 Å². The first kappa shape index (κ1) is 16.0. The smallest absolute Gasteiger partial charge is 0.251 e. The van der Waals surface area contributed by atoms with Gasteiger partial charge in [0.1, 0.15) is 0 Å². The number of rotatable bonds is 3. The molecule has 1 aromatic carbocycles. The Morgan fingerprint density at radius 1 is 1.10 bits per heavy atom. The van der Waals surface area contributed by atoms with Crippen LogP contribution in [0.1, 0.15) is 48.9 Å². The lowest BCUT2D eigenvalue weighted by atomic mass is 9.94. The van der Waals surface area contributed by atoms with Gasteiger partial charge in [-0.25, -0.2) is 0 Å². The van der Waals surface area contributed by atoms with Gasteiger partial charge in [0.15, 0.2) is 0 Å². The number of amides is 1. The molecule has 5 heteroatoms. The third-order valence-electron chi connectivity index (χ3n) is 3.74. The Kier molecular flexibility index (Phi) is 5.64. The van der Waals surface area contributed by atoms with Crippen LogP contribution in [0.4, 0.5) is 0 Å². The Hall–Kier alpha value is -0.390. The largest absolute Gasteiger partial charge is 0.388 e. The summed E-state index contributed by atoms with van der Waals surface area (Å²) in [5, 5.41) is 13.4. The van der Waals surface area contributed by atoms with Crippen LogP contribution in [0.2, 0.25) is 0 Å². The van der Waals surface area contributed by atoms with Crippen molar-refractivity contribution in [1.82, 2.24) is 5.32 Å². The Labute approximate surface area is 136 Å². The molecule has 0 bridgehead atoms. The van der Waals surface area contributed by atoms with Crippen molar-refractivity contribution >= 4 is 37.8 Å². The highest BCUT2D eigenvalue weighted by Gasteiger charge is 2.28. The van der Waals surface area contributed by atoms with E-state index in [2.05, 4.69) is 37.2 Å². The number of hydrogen-bond acceptors (Lipinski definition) is 2. The van der Waals surface area contributed by atoms with Crippen LogP contribution in [-0.2, 0) is 0 Å². The molecule has 1 aliphatic rings. The molecule has 1 amide bonds. The fourth-order valence-corrected chi connectivity index (χ4v) is 3.89. The van der Waals surface area contributed by atoms with Crippen molar-refractivity contribution < 1.29 is 9.90 Å². The lowest BCUT2D eigenvalue weighted by Gasteiger charge is -2.26. The minimum atomic E-state index is -0.741. The Bertz CT molecular complexity index is 463. The highest BCUT2D eigenvalue weighted by Crippen LogP contribution is 2.26. The van der Waals surface area contributed by atoms with E-state index in [1.807, 2.05) is 6.07 Å². The van der Waals surface area contributed by atoms with Gasteiger partial charge in [-0.3, -0.25) is 4.79 Å². The first-order valence-electron chi connectivity index (χ1n) is 6.95. The van der Waals surface area contributed by atoms with Crippen molar-refractivity contribution in [3.05, 3.63) is 32.7 Å². The fourth-order valence-electron chi connectivity index (χ4n) is 2.60. The fraction of sp³-hybridized carbons (Fsp3) is 0.533. The zero-order valence-electron chi connectivity index (χ0n) is 11.3. The number of hydrogen-bond donors (Lipinski definition) is 2. The predicted molar refractivity (Wildman–Crippen MR) is 86.8 cm³/mol. The molecule has 1 aromatic rings. The van der Waals surface area contributed by atoms with Crippen molar-refractivity contribution in [1.29, 1.82) is 0 Å². The van der Waals surface area contributed by atoms with Crippen molar-refractivity contribution in [2.75, 3.05) is 6.54 Å². The van der Waals surface area contributed by atoms with E-state index in [1.54, 1.807) is 12.1 Å². The molecule has 0 heterocycles. The molecule has 3 nitrogen and oxygen atoms in total. The Morgan fingerprint density at radius 2 is 1.65 bits per heavy atom. The van der Waals surface area contributed by atoms with Gasteiger partial charge in [-0.2, -0.15) is 0 Å². The van der Waals surface area contributed by atoms with E-state index in [-0.39, 0.29) is 5.91 Å². The second-order valence-electron chi connectivity index (χ2n) is 5.48. The molecule has 1 saturated carbocycles. The number of benzene rings is 1. The van der Waals surface area contributed by atoms with Gasteiger partial charge in [0, 0.05) is 21.1 Å². The quantitative estimate of drug-likeness (QED) is 0.747. The van der Waals surface area contributed by atoms with Crippen LogP contribution >= 0.6 is 31.9 Å². The molecule has 0 spiro atoms. The first-order valence-corrected chi connectivity index (χ1v) is 8.54. The van der Waals surface area contributed by atoms with Gasteiger partial charge in [0.2, 0.25) is 0 Å². The molecule has 110 valence electrons. The molecule has 20 heavy (non-hydrogen) atoms. The SMILES string of the molecule is O=C(NCC1(O)CCCCCC1)c1cc(Br)cc(Br)c1. The van der Waals surface area contributed by atoms with Crippen LogP contribution in [0.25, 0.3) is 0 Å². The van der Waals surface area contributed by atoms with Crippen molar-refractivity contribution in [3.8, 4) is 0 Å². The lowest BCUT2D eigenvalue weighted by Crippen LogP contribution is -2.42. The van der Waals surface area contributed by atoms with Crippen LogP contribution in [-0.4, -0.2) is 23.2 Å². The summed E-state index contributed by atoms with van der Waals surface area (Å²) >= 11 is 6.74. The molecule has 0 aromatic heterocycles. The number of carbonyl (C=O) groups is 1. The van der Waals surface area contributed by atoms with E-state index < -0.39 is 5.60 Å². The van der Waals surface area contributed by atoms with Gasteiger partial charge >= 0.3 is 0 Å². The zero-order valence-corrected chi connectivity index (χ0v) is 14.5. The maximum absolute atomic E-state index is 12.2. The van der Waals surface area contributed by atoms with Gasteiger partial charge in [-0.05, 0) is 31.0 Å². The summed E-state index contributed by atoms with van der Waals surface area (Å²) in [5.41, 5.74) is -0.154. The first-order chi connectivity index (χ1) is 9.48. The van der Waals surface area contributed by atoms with Crippen LogP contribution in [0.3, 0.4) is 0 Å². The molecular formula is C15H19Br2NO2. The molecule has 0 aliphatic heterocycles. The average Bonchev–Trinajstić information content (AvgIpc) is 2.60. The van der Waals surface area contributed by atoms with Gasteiger partial charge in [-0.15, -0.1) is 0 Å². The summed E-state index contributed by atoms with van der Waals surface area (Å²) in [7, 11) is 0. The summed E-state index contributed by atoms with van der Waals surface area (Å²) < 4.78 is 1.70. The molecule has 0 unspecified atom stereocenters. The summed E-state index contributed by atoms with van der Waals surface area (Å²) in [6, 6.07) is 5.43. The maximum Gasteiger partial charge on any atom is 0.251 e. The molecule has 1 fully saturated rings. The van der Waals surface area contributed by atoms with Gasteiger partial charge in [-0.1, -0.05) is 57.5 Å². The third-order valence-corrected chi connectivity index (χ3v) is 4.65. The molecule has 0 saturated heterocycles. The molecule has 2 N–H and O–H groups in total. The second-order valence-corrected chi connectivity index (χ2v) is 7.31. The predicted octanol–water partition coefficient (Wildman–Crippen LogP) is 4.03. The summed E-state index contributed by atoms with van der Waals surface area (Å²) in [6.07, 6.45) is 5.97. The second kappa shape index (κ2) is 7.05. The van der Waals surface area contributed by atoms with E-state index in [0.29, 0.717) is 12.1 Å². The molecule has 1 aliphatic carbocycles. The minimum Gasteiger partial charge on any atom is -0.388 e. The van der Waals surface area contributed by atoms with E-state index in [0.717, 1.165) is 34.6 Å². The van der Waals surface area contributed by atoms with E-state index in [4.69, 9.17) is 0 Å². The summed E-state index contributed by atoms with van der Waals surface area (Å²) in [6.45, 7) is 0.329. The summed E-state index contributed by atoms with van der Waals surface area (Å²) in [5.74, 6) is -0.148. The van der Waals surface area contributed by atoms with Crippen molar-refractivity contribution in [3.63, 3.8) is 0 Å². The highest BCUT2D eigenvalue weighted by molar-refractivity contribution is 9.11. The Morgan fingerprint density at radius 3 is 2.20 bits per heavy atom. The van der Waals surface area contributed by atoms with Crippen molar-refractivity contribution in [2.24, 2.45) is 0 Å². The number of nitrogens with one attached hydrogen (secondary N) is 1. The standard InChI is InChI=1S/C15H19Br2NO2/c16-12-7-11(8-13(17)9-12)14(19)18-10-15(20)5-3-1-2-4-6-15/h7-9,20H,1-6,10H2,(H,18,19). The van der Waals surface area contributed by atoms with Crippen LogP contribution < -0.4 is 5.32 Å². The van der Waals surface area contributed by atoms with Crippen molar-refractivity contribution in [2.45, 2.75) is 44.1 Å². The topological polar surface area (TPSA) is 49.3 Å². The number of halogens is 2.